The van der Waals surface area contributed by atoms with Crippen LogP contribution in [0.4, 0.5) is 14.6 Å². The molecule has 7 rings (SSSR count). The van der Waals surface area contributed by atoms with E-state index in [1.807, 2.05) is 4.98 Å². The van der Waals surface area contributed by atoms with Crippen LogP contribution in [0, 0.1) is 0 Å². The number of anilines is 1. The van der Waals surface area contributed by atoms with Gasteiger partial charge in [0.1, 0.15) is 47.8 Å². The fourth-order valence-electron chi connectivity index (χ4n) is 6.13. The Morgan fingerprint density at radius 3 is 2.48 bits per heavy atom. The van der Waals surface area contributed by atoms with E-state index in [0.29, 0.717) is 21.5 Å². The number of aromatic amines is 1. The number of benzene rings is 1. The molecule has 0 amide bonds. The van der Waals surface area contributed by atoms with E-state index in [9.17, 15) is 33.5 Å². The summed E-state index contributed by atoms with van der Waals surface area (Å²) in [7, 11) is -5.31. The molecular weight excluding hydrogens is 862 g/mol. The van der Waals surface area contributed by atoms with Gasteiger partial charge in [-0.15, -0.1) is 0 Å². The van der Waals surface area contributed by atoms with Crippen LogP contribution in [0.5, 0.6) is 5.75 Å². The Morgan fingerprint density at radius 1 is 1.02 bits per heavy atom. The van der Waals surface area contributed by atoms with Crippen molar-refractivity contribution < 1.29 is 65.0 Å². The third-order valence-corrected chi connectivity index (χ3v) is 13.8. The van der Waals surface area contributed by atoms with Gasteiger partial charge < -0.3 is 29.9 Å². The van der Waals surface area contributed by atoms with Crippen LogP contribution in [0.3, 0.4) is 0 Å². The Bertz CT molecular complexity index is 2560. The number of H-pyrrole nitrogens is 1. The van der Waals surface area contributed by atoms with Crippen LogP contribution in [0.1, 0.15) is 24.9 Å². The average Bonchev–Trinajstić information content (AvgIpc) is 3.87. The van der Waals surface area contributed by atoms with Gasteiger partial charge in [-0.25, -0.2) is 42.5 Å². The van der Waals surface area contributed by atoms with Crippen LogP contribution in [0.25, 0.3) is 11.2 Å². The van der Waals surface area contributed by atoms with Crippen LogP contribution in [-0.2, 0) is 47.2 Å². The molecule has 60 heavy (non-hydrogen) atoms. The first-order valence-electron chi connectivity index (χ1n) is 17.6. The summed E-state index contributed by atoms with van der Waals surface area (Å²) in [5, 5.41) is 9.54. The number of nitrogens with zero attached hydrogens (tertiary/aromatic N) is 5. The van der Waals surface area contributed by atoms with Gasteiger partial charge in [-0.2, -0.15) is 0 Å². The number of carbonyl (C=O) groups is 1. The number of phosphoric ester groups is 1. The van der Waals surface area contributed by atoms with Crippen molar-refractivity contribution in [2.45, 2.75) is 61.9 Å². The van der Waals surface area contributed by atoms with E-state index in [2.05, 4.69) is 21.5 Å². The molecule has 3 fully saturated rings. The van der Waals surface area contributed by atoms with Crippen molar-refractivity contribution >= 4 is 49.0 Å². The summed E-state index contributed by atoms with van der Waals surface area (Å²) in [6.45, 7) is -1.63. The van der Waals surface area contributed by atoms with Crippen molar-refractivity contribution in [3.8, 4) is 5.75 Å². The van der Waals surface area contributed by atoms with Gasteiger partial charge in [-0.05, 0) is 54.2 Å². The molecular formula is C34H35F2N7O14P2S. The smallest absolute Gasteiger partial charge is 0.472 e. The lowest BCUT2D eigenvalue weighted by molar-refractivity contribution is -0.130. The first kappa shape index (κ1) is 43.2. The third-order valence-electron chi connectivity index (χ3n) is 9.18. The standard InChI is InChI=1S/C34H35F2N7O14P2S/c1-3-19(44)7-4-17(2)33(46)53-20-8-5-18(6-9-20)14-60-59(50)52-12-21-24(35)28(32(54-21)42-11-10-23(45)41-34(42)47)56-58(48,49)51-13-22-27(57-59)25(36)31(55-22)43-16-40-26-29(37)38-15-39-30(26)43/h3-11,15-16,21-22,24-25,27-28,31-32,44H,1,12-14H2,2H3,(H,48,49)(H2,37,38,39)(H,41,45,47)/b17-4+,19-7+/t21-,22-,24-,25-,27-,28-,31-,32-,59?/m1/s1. The second kappa shape index (κ2) is 17.6. The van der Waals surface area contributed by atoms with E-state index in [1.54, 1.807) is 0 Å². The molecule has 0 aliphatic carbocycles. The molecule has 0 spiro atoms. The zero-order chi connectivity index (χ0) is 42.9. The third kappa shape index (κ3) is 9.37. The summed E-state index contributed by atoms with van der Waals surface area (Å²) in [6, 6.07) is 6.85. The maximum absolute atomic E-state index is 16.7. The number of phosphoric acid groups is 1. The second-order valence-corrected chi connectivity index (χ2v) is 18.7. The van der Waals surface area contributed by atoms with Gasteiger partial charge in [-0.1, -0.05) is 18.7 Å². The molecule has 6 heterocycles. The number of nitrogens with two attached hydrogens (primary N) is 1. The van der Waals surface area contributed by atoms with Gasteiger partial charge in [0.05, 0.1) is 19.5 Å². The normalized spacial score (nSPS) is 31.5. The van der Waals surface area contributed by atoms with Crippen molar-refractivity contribution in [3.05, 3.63) is 112 Å². The number of aliphatic hydroxyl groups excluding tert-OH is 1. The number of carbonyl (C=O) groups excluding carboxylic acids is 1. The van der Waals surface area contributed by atoms with Crippen LogP contribution in [0.15, 0.2) is 94.9 Å². The fraction of sp³-hybridized carbons (Fsp3) is 0.353. The highest BCUT2D eigenvalue weighted by Crippen LogP contribution is 2.65. The molecule has 2 bridgehead atoms. The summed E-state index contributed by atoms with van der Waals surface area (Å²) in [4.78, 5) is 61.8. The molecule has 21 nitrogen and oxygen atoms in total. The first-order valence-corrected chi connectivity index (χ1v) is 22.3. The predicted octanol–water partition coefficient (Wildman–Crippen LogP) is 3.87. The van der Waals surface area contributed by atoms with Crippen molar-refractivity contribution in [2.75, 3.05) is 18.9 Å². The minimum absolute atomic E-state index is 0.0246. The topological polar surface area (TPSA) is 281 Å². The monoisotopic (exact) mass is 897 g/mol. The number of hydrogen-bond acceptors (Lipinski definition) is 18. The van der Waals surface area contributed by atoms with Crippen molar-refractivity contribution in [1.82, 2.24) is 29.1 Å². The number of alkyl halides is 2. The van der Waals surface area contributed by atoms with E-state index in [4.69, 9.17) is 38.0 Å². The Morgan fingerprint density at radius 2 is 1.75 bits per heavy atom. The van der Waals surface area contributed by atoms with Crippen LogP contribution < -0.4 is 21.7 Å². The SMILES string of the molecule is C=C/C(O)=C\C=C(/C)C(=O)Oc1ccc(CSP2(=O)OC[C@H]3O[C@@H](n4ccc(=O)[nH]c4=O)[C@H](OP(=O)(O)OC[C@H]4O[C@@H](n5cnc6c(N)ncnc65)[C@H](F)[C@@H]4O2)[C@@H]3F)cc1. The summed E-state index contributed by atoms with van der Waals surface area (Å²) >= 11 is 0.556. The molecule has 10 atom stereocenters. The van der Waals surface area contributed by atoms with E-state index in [1.165, 1.54) is 49.4 Å². The van der Waals surface area contributed by atoms with Crippen LogP contribution >= 0.6 is 26.0 Å². The number of aromatic nitrogens is 6. The lowest BCUT2D eigenvalue weighted by atomic mass is 10.1. The number of allylic oxidation sites excluding steroid dienone is 3. The highest BCUT2D eigenvalue weighted by molar-refractivity contribution is 8.54. The number of hydrogen-bond donors (Lipinski definition) is 4. The molecule has 0 radical (unpaired) electrons. The molecule has 0 saturated carbocycles. The molecule has 3 saturated heterocycles. The number of aliphatic hydroxyl groups is 1. The number of rotatable bonds is 9. The van der Waals surface area contributed by atoms with Gasteiger partial charge in [-0.3, -0.25) is 37.0 Å². The molecule has 2 unspecified atom stereocenters. The number of halogens is 2. The zero-order valence-electron chi connectivity index (χ0n) is 31.0. The average molecular weight is 898 g/mol. The molecule has 1 aromatic carbocycles. The minimum atomic E-state index is -5.31. The number of fused-ring (bicyclic) bond motifs is 4. The Labute approximate surface area is 340 Å². The summed E-state index contributed by atoms with van der Waals surface area (Å²) in [5.41, 5.74) is 4.82. The molecule has 5 N–H and O–H groups in total. The number of nitrogens with one attached hydrogen (secondary N) is 1. The summed E-state index contributed by atoms with van der Waals surface area (Å²) < 4.78 is 102. The Hall–Kier alpha value is -4.87. The van der Waals surface area contributed by atoms with Gasteiger partial charge in [0, 0.05) is 23.6 Å². The highest BCUT2D eigenvalue weighted by Gasteiger charge is 2.55. The van der Waals surface area contributed by atoms with Gasteiger partial charge in [0.25, 0.3) is 5.56 Å². The van der Waals surface area contributed by atoms with Gasteiger partial charge in [0.15, 0.2) is 36.3 Å². The Kier molecular flexibility index (Phi) is 12.7. The molecule has 3 aromatic heterocycles. The lowest BCUT2D eigenvalue weighted by Gasteiger charge is -2.27. The minimum Gasteiger partial charge on any atom is -0.508 e. The molecule has 3 aliphatic rings. The Balaban J connectivity index is 1.17. The fourth-order valence-corrected chi connectivity index (χ4v) is 10.4. The van der Waals surface area contributed by atoms with Crippen LogP contribution in [-0.4, -0.2) is 95.0 Å². The van der Waals surface area contributed by atoms with E-state index in [-0.39, 0.29) is 39.8 Å². The number of esters is 1. The molecule has 3 aliphatic heterocycles. The van der Waals surface area contributed by atoms with Crippen molar-refractivity contribution in [1.29, 1.82) is 0 Å². The first-order chi connectivity index (χ1) is 28.5. The largest absolute Gasteiger partial charge is 0.508 e. The zero-order valence-corrected chi connectivity index (χ0v) is 33.6. The molecule has 26 heteroatoms. The molecule has 4 aromatic rings. The van der Waals surface area contributed by atoms with Crippen molar-refractivity contribution in [2.24, 2.45) is 0 Å². The number of nitrogen functional groups attached to an aromatic ring is 1. The van der Waals surface area contributed by atoms with E-state index >= 15 is 8.78 Å². The quantitative estimate of drug-likeness (QED) is 0.0463. The number of imidazole rings is 1. The molecule has 320 valence electrons. The second-order valence-electron chi connectivity index (χ2n) is 13.2. The van der Waals surface area contributed by atoms with Crippen molar-refractivity contribution in [3.63, 3.8) is 0 Å². The van der Waals surface area contributed by atoms with Crippen LogP contribution in [0.2, 0.25) is 0 Å². The highest BCUT2D eigenvalue weighted by atomic mass is 32.7. The van der Waals surface area contributed by atoms with Gasteiger partial charge >= 0.3 is 26.3 Å². The van der Waals surface area contributed by atoms with E-state index in [0.717, 1.165) is 29.5 Å². The lowest BCUT2D eigenvalue weighted by Crippen LogP contribution is -2.37. The summed E-state index contributed by atoms with van der Waals surface area (Å²) in [5.74, 6) is -0.908. The van der Waals surface area contributed by atoms with E-state index < -0.39 is 94.3 Å². The summed E-state index contributed by atoms with van der Waals surface area (Å²) in [6.07, 6.45) is -8.19. The van der Waals surface area contributed by atoms with Gasteiger partial charge in [0.2, 0.25) is 0 Å². The predicted molar refractivity (Wildman–Crippen MR) is 206 cm³/mol. The maximum atomic E-state index is 16.7. The maximum Gasteiger partial charge on any atom is 0.472 e. The number of ether oxygens (including phenoxy) is 3.